The Morgan fingerprint density at radius 1 is 1.00 bits per heavy atom. The number of aromatic nitrogens is 3. The molecule has 0 unspecified atom stereocenters. The number of rotatable bonds is 6. The second kappa shape index (κ2) is 8.64. The molecule has 0 saturated carbocycles. The Bertz CT molecular complexity index is 1290. The summed E-state index contributed by atoms with van der Waals surface area (Å²) in [5.41, 5.74) is 3.36. The minimum atomic E-state index is -0.448. The fourth-order valence-electron chi connectivity index (χ4n) is 3.62. The van der Waals surface area contributed by atoms with Crippen molar-refractivity contribution in [3.63, 3.8) is 0 Å². The number of anilines is 1. The van der Waals surface area contributed by atoms with Crippen molar-refractivity contribution >= 4 is 23.1 Å². The van der Waals surface area contributed by atoms with E-state index < -0.39 is 5.92 Å². The van der Waals surface area contributed by atoms with Crippen LogP contribution in [-0.2, 0) is 4.79 Å². The van der Waals surface area contributed by atoms with E-state index in [9.17, 15) is 4.79 Å². The van der Waals surface area contributed by atoms with E-state index in [1.165, 1.54) is 11.3 Å². The van der Waals surface area contributed by atoms with Crippen molar-refractivity contribution in [2.45, 2.75) is 12.8 Å². The molecule has 5 aromatic rings. The van der Waals surface area contributed by atoms with Gasteiger partial charge < -0.3 is 9.73 Å². The minimum absolute atomic E-state index is 0.133. The summed E-state index contributed by atoms with van der Waals surface area (Å²) in [5.74, 6) is 0.683. The van der Waals surface area contributed by atoms with Gasteiger partial charge in [-0.3, -0.25) is 4.79 Å². The van der Waals surface area contributed by atoms with Gasteiger partial charge in [0, 0.05) is 11.4 Å². The van der Waals surface area contributed by atoms with Crippen molar-refractivity contribution in [1.82, 2.24) is 14.8 Å². The quantitative estimate of drug-likeness (QED) is 0.369. The molecular formula is C25H20N4O2S. The Balaban J connectivity index is 1.48. The number of benzene rings is 2. The first-order chi connectivity index (χ1) is 15.7. The third-order valence-electron chi connectivity index (χ3n) is 5.06. The molecule has 3 heterocycles. The fourth-order valence-corrected chi connectivity index (χ4v) is 4.39. The zero-order chi connectivity index (χ0) is 21.9. The number of furan rings is 1. The van der Waals surface area contributed by atoms with E-state index >= 15 is 0 Å². The highest BCUT2D eigenvalue weighted by Gasteiger charge is 2.24. The number of carbonyl (C=O) groups excluding carboxylic acids is 1. The molecule has 0 aliphatic carbocycles. The number of thiazole rings is 1. The molecule has 2 aromatic carbocycles. The van der Waals surface area contributed by atoms with Crippen LogP contribution in [0.5, 0.6) is 0 Å². The summed E-state index contributed by atoms with van der Waals surface area (Å²) in [6.07, 6.45) is 1.62. The topological polar surface area (TPSA) is 73.0 Å². The van der Waals surface area contributed by atoms with E-state index in [0.29, 0.717) is 16.7 Å². The van der Waals surface area contributed by atoms with Gasteiger partial charge in [0.15, 0.2) is 5.76 Å². The number of nitrogens with one attached hydrogen (secondary N) is 1. The summed E-state index contributed by atoms with van der Waals surface area (Å²) in [7, 11) is 0. The molecule has 0 radical (unpaired) electrons. The van der Waals surface area contributed by atoms with Crippen LogP contribution in [0.3, 0.4) is 0 Å². The number of nitrogens with zero attached hydrogens (tertiary/aromatic N) is 3. The van der Waals surface area contributed by atoms with E-state index in [4.69, 9.17) is 4.42 Å². The maximum absolute atomic E-state index is 13.5. The summed E-state index contributed by atoms with van der Waals surface area (Å²) in [6, 6.07) is 25.1. The Morgan fingerprint density at radius 3 is 2.31 bits per heavy atom. The van der Waals surface area contributed by atoms with Crippen molar-refractivity contribution in [3.05, 3.63) is 107 Å². The Labute approximate surface area is 189 Å². The molecular weight excluding hydrogens is 420 g/mol. The summed E-state index contributed by atoms with van der Waals surface area (Å²) in [4.78, 5) is 18.2. The fraction of sp³-hybridized carbons (Fsp3) is 0.0800. The molecule has 3 aromatic heterocycles. The lowest BCUT2D eigenvalue weighted by Gasteiger charge is -2.18. The molecule has 0 fully saturated rings. The monoisotopic (exact) mass is 440 g/mol. The van der Waals surface area contributed by atoms with Gasteiger partial charge in [-0.1, -0.05) is 60.7 Å². The van der Waals surface area contributed by atoms with E-state index in [1.54, 1.807) is 10.9 Å². The smallest absolute Gasteiger partial charge is 0.237 e. The van der Waals surface area contributed by atoms with E-state index in [2.05, 4.69) is 15.4 Å². The molecule has 6 nitrogen and oxygen atoms in total. The first-order valence-electron chi connectivity index (χ1n) is 10.2. The predicted molar refractivity (Wildman–Crippen MR) is 125 cm³/mol. The van der Waals surface area contributed by atoms with Gasteiger partial charge in [0.2, 0.25) is 11.0 Å². The van der Waals surface area contributed by atoms with Crippen LogP contribution in [0.4, 0.5) is 5.82 Å². The molecule has 32 heavy (non-hydrogen) atoms. The second-order valence-electron chi connectivity index (χ2n) is 7.32. The third kappa shape index (κ3) is 3.98. The van der Waals surface area contributed by atoms with Gasteiger partial charge in [-0.2, -0.15) is 9.78 Å². The minimum Gasteiger partial charge on any atom is -0.463 e. The van der Waals surface area contributed by atoms with E-state index in [-0.39, 0.29) is 5.91 Å². The molecule has 0 spiro atoms. The van der Waals surface area contributed by atoms with Crippen LogP contribution in [-0.4, -0.2) is 20.7 Å². The maximum Gasteiger partial charge on any atom is 0.237 e. The van der Waals surface area contributed by atoms with Gasteiger partial charge in [-0.25, -0.2) is 4.98 Å². The van der Waals surface area contributed by atoms with Gasteiger partial charge >= 0.3 is 0 Å². The molecule has 0 aliphatic rings. The molecule has 1 N–H and O–H groups in total. The molecule has 0 bridgehead atoms. The van der Waals surface area contributed by atoms with Crippen LogP contribution in [0.2, 0.25) is 0 Å². The van der Waals surface area contributed by atoms with Gasteiger partial charge in [0.05, 0.1) is 17.9 Å². The number of carbonyl (C=O) groups is 1. The zero-order valence-electron chi connectivity index (χ0n) is 17.3. The van der Waals surface area contributed by atoms with Crippen molar-refractivity contribution < 1.29 is 9.21 Å². The van der Waals surface area contributed by atoms with Crippen LogP contribution in [0.25, 0.3) is 16.6 Å². The van der Waals surface area contributed by atoms with Crippen molar-refractivity contribution in [1.29, 1.82) is 0 Å². The Morgan fingerprint density at radius 2 is 1.69 bits per heavy atom. The SMILES string of the molecule is Cc1cc(NC(=O)C(c2ccccc2)c2ccccc2)n(-c2nc(-c3ccco3)cs2)n1. The van der Waals surface area contributed by atoms with E-state index in [1.807, 2.05) is 91.2 Å². The third-order valence-corrected chi connectivity index (χ3v) is 5.87. The van der Waals surface area contributed by atoms with Gasteiger partial charge in [-0.05, 0) is 30.2 Å². The Hall–Kier alpha value is -3.97. The normalized spacial score (nSPS) is 11.1. The highest BCUT2D eigenvalue weighted by molar-refractivity contribution is 7.12. The summed E-state index contributed by atoms with van der Waals surface area (Å²) < 4.78 is 7.11. The van der Waals surface area contributed by atoms with Crippen LogP contribution >= 0.6 is 11.3 Å². The lowest BCUT2D eigenvalue weighted by Crippen LogP contribution is -2.23. The number of hydrogen-bond acceptors (Lipinski definition) is 5. The van der Waals surface area contributed by atoms with Crippen LogP contribution < -0.4 is 5.32 Å². The highest BCUT2D eigenvalue weighted by atomic mass is 32.1. The van der Waals surface area contributed by atoms with E-state index in [0.717, 1.165) is 22.5 Å². The number of hydrogen-bond donors (Lipinski definition) is 1. The molecule has 7 heteroatoms. The zero-order valence-corrected chi connectivity index (χ0v) is 18.1. The van der Waals surface area contributed by atoms with Gasteiger partial charge in [0.1, 0.15) is 11.5 Å². The molecule has 5 rings (SSSR count). The highest BCUT2D eigenvalue weighted by Crippen LogP contribution is 2.29. The predicted octanol–water partition coefficient (Wildman–Crippen LogP) is 5.67. The van der Waals surface area contributed by atoms with Crippen LogP contribution in [0, 0.1) is 6.92 Å². The standard InChI is InChI=1S/C25H20N4O2S/c1-17-15-22(29(28-17)25-26-20(16-32-25)21-13-8-14-31-21)27-24(30)23(18-9-4-2-5-10-18)19-11-6-3-7-12-19/h2-16,23H,1H3,(H,27,30). The summed E-state index contributed by atoms with van der Waals surface area (Å²) in [6.45, 7) is 1.89. The van der Waals surface area contributed by atoms with Crippen LogP contribution in [0.1, 0.15) is 22.7 Å². The first-order valence-corrected chi connectivity index (χ1v) is 11.0. The molecule has 158 valence electrons. The molecule has 0 atom stereocenters. The lowest BCUT2D eigenvalue weighted by molar-refractivity contribution is -0.116. The van der Waals surface area contributed by atoms with Crippen LogP contribution in [0.15, 0.2) is 94.9 Å². The van der Waals surface area contributed by atoms with Crippen molar-refractivity contribution in [2.75, 3.05) is 5.32 Å². The summed E-state index contributed by atoms with van der Waals surface area (Å²) in [5, 5.41) is 10.2. The molecule has 0 aliphatic heterocycles. The summed E-state index contributed by atoms with van der Waals surface area (Å²) >= 11 is 1.43. The number of aryl methyl sites for hydroxylation is 1. The van der Waals surface area contributed by atoms with Crippen molar-refractivity contribution in [2.24, 2.45) is 0 Å². The second-order valence-corrected chi connectivity index (χ2v) is 8.16. The number of amides is 1. The lowest BCUT2D eigenvalue weighted by atomic mass is 9.90. The first kappa shape index (κ1) is 20.0. The molecule has 1 amide bonds. The Kier molecular flexibility index (Phi) is 5.39. The van der Waals surface area contributed by atoms with Crippen molar-refractivity contribution in [3.8, 4) is 16.6 Å². The maximum atomic E-state index is 13.5. The average Bonchev–Trinajstić information content (AvgIpc) is 3.56. The van der Waals surface area contributed by atoms with Gasteiger partial charge in [-0.15, -0.1) is 11.3 Å². The largest absolute Gasteiger partial charge is 0.463 e. The van der Waals surface area contributed by atoms with Gasteiger partial charge in [0.25, 0.3) is 0 Å². The molecule has 0 saturated heterocycles. The average molecular weight is 441 g/mol.